The van der Waals surface area contributed by atoms with Gasteiger partial charge < -0.3 is 14.8 Å². The van der Waals surface area contributed by atoms with E-state index in [1.165, 1.54) is 0 Å². The summed E-state index contributed by atoms with van der Waals surface area (Å²) >= 11 is 0. The van der Waals surface area contributed by atoms with Crippen LogP contribution in [0.1, 0.15) is 21.5 Å². The van der Waals surface area contributed by atoms with Crippen LogP contribution in [0, 0.1) is 6.92 Å². The average molecular weight is 496 g/mol. The fourth-order valence-electron chi connectivity index (χ4n) is 3.48. The van der Waals surface area contributed by atoms with E-state index in [1.54, 1.807) is 36.1 Å². The van der Waals surface area contributed by atoms with Crippen molar-refractivity contribution in [2.24, 2.45) is 0 Å². The van der Waals surface area contributed by atoms with Gasteiger partial charge in [0, 0.05) is 23.9 Å². The molecule has 0 saturated heterocycles. The van der Waals surface area contributed by atoms with Gasteiger partial charge in [0.2, 0.25) is 0 Å². The smallest absolute Gasteiger partial charge is 0.416 e. The molecule has 0 saturated carbocycles. The van der Waals surface area contributed by atoms with Gasteiger partial charge in [-0.2, -0.15) is 18.2 Å². The molecule has 4 rings (SSSR count). The van der Waals surface area contributed by atoms with E-state index in [0.717, 1.165) is 35.4 Å². The van der Waals surface area contributed by atoms with Gasteiger partial charge in [0.15, 0.2) is 5.82 Å². The average Bonchev–Trinajstić information content (AvgIpc) is 3.28. The standard InChI is InChI=1S/C26H23F3N4O3/c1-17-6-3-4-9-22(17)23-31-25(36-15-14-35-2)32-33(23)21-8-5-7-20(16-21)30-24(34)18-10-12-19(13-11-18)26(27,28)29/h3-13,16H,14-15H2,1-2H3,(H,30,34). The monoisotopic (exact) mass is 496 g/mol. The number of rotatable bonds is 8. The highest BCUT2D eigenvalue weighted by Crippen LogP contribution is 2.30. The van der Waals surface area contributed by atoms with Gasteiger partial charge in [0.25, 0.3) is 5.91 Å². The molecule has 4 aromatic rings. The van der Waals surface area contributed by atoms with Crippen LogP contribution in [0.15, 0.2) is 72.8 Å². The van der Waals surface area contributed by atoms with Gasteiger partial charge in [-0.05, 0) is 55.0 Å². The van der Waals surface area contributed by atoms with Crippen molar-refractivity contribution < 1.29 is 27.4 Å². The number of anilines is 1. The zero-order valence-corrected chi connectivity index (χ0v) is 19.5. The zero-order valence-electron chi connectivity index (χ0n) is 19.5. The Morgan fingerprint density at radius 3 is 2.44 bits per heavy atom. The highest BCUT2D eigenvalue weighted by atomic mass is 19.4. The molecule has 10 heteroatoms. The maximum atomic E-state index is 12.8. The molecule has 1 amide bonds. The minimum absolute atomic E-state index is 0.101. The third-order valence-electron chi connectivity index (χ3n) is 5.32. The molecule has 0 aliphatic carbocycles. The third-order valence-corrected chi connectivity index (χ3v) is 5.32. The van der Waals surface area contributed by atoms with E-state index >= 15 is 0 Å². The fourth-order valence-corrected chi connectivity index (χ4v) is 3.48. The topological polar surface area (TPSA) is 78.3 Å². The maximum Gasteiger partial charge on any atom is 0.416 e. The van der Waals surface area contributed by atoms with Crippen molar-refractivity contribution in [2.45, 2.75) is 13.1 Å². The molecule has 0 bridgehead atoms. The first-order valence-corrected chi connectivity index (χ1v) is 11.0. The summed E-state index contributed by atoms with van der Waals surface area (Å²) < 4.78 is 50.7. The van der Waals surface area contributed by atoms with Crippen LogP contribution in [0.3, 0.4) is 0 Å². The Labute approximate surface area is 205 Å². The van der Waals surface area contributed by atoms with Crippen molar-refractivity contribution in [2.75, 3.05) is 25.6 Å². The van der Waals surface area contributed by atoms with Crippen molar-refractivity contribution in [1.29, 1.82) is 0 Å². The summed E-state index contributed by atoms with van der Waals surface area (Å²) in [6, 6.07) is 18.8. The minimum atomic E-state index is -4.47. The summed E-state index contributed by atoms with van der Waals surface area (Å²) in [6.45, 7) is 2.61. The van der Waals surface area contributed by atoms with E-state index < -0.39 is 17.6 Å². The van der Waals surface area contributed by atoms with Gasteiger partial charge in [-0.1, -0.05) is 30.3 Å². The van der Waals surface area contributed by atoms with Gasteiger partial charge in [0.05, 0.1) is 17.9 Å². The van der Waals surface area contributed by atoms with Crippen LogP contribution in [0.4, 0.5) is 18.9 Å². The minimum Gasteiger partial charge on any atom is -0.460 e. The number of aryl methyl sites for hydroxylation is 1. The molecule has 36 heavy (non-hydrogen) atoms. The van der Waals surface area contributed by atoms with E-state index in [0.29, 0.717) is 23.8 Å². The van der Waals surface area contributed by atoms with Crippen molar-refractivity contribution in [3.05, 3.63) is 89.5 Å². The van der Waals surface area contributed by atoms with Crippen molar-refractivity contribution >= 4 is 11.6 Å². The third kappa shape index (κ3) is 5.72. The number of methoxy groups -OCH3 is 1. The summed E-state index contributed by atoms with van der Waals surface area (Å²) in [5.41, 5.74) is 2.16. The number of carbonyl (C=O) groups is 1. The summed E-state index contributed by atoms with van der Waals surface area (Å²) in [5.74, 6) is 0.00825. The van der Waals surface area contributed by atoms with E-state index in [-0.39, 0.29) is 18.2 Å². The molecule has 186 valence electrons. The molecule has 1 N–H and O–H groups in total. The lowest BCUT2D eigenvalue weighted by atomic mass is 10.1. The van der Waals surface area contributed by atoms with Crippen LogP contribution in [-0.4, -0.2) is 41.0 Å². The molecule has 7 nitrogen and oxygen atoms in total. The number of hydrogen-bond acceptors (Lipinski definition) is 5. The number of carbonyl (C=O) groups excluding carboxylic acids is 1. The molecular weight excluding hydrogens is 473 g/mol. The fraction of sp³-hybridized carbons (Fsp3) is 0.192. The second-order valence-electron chi connectivity index (χ2n) is 7.87. The first kappa shape index (κ1) is 24.9. The highest BCUT2D eigenvalue weighted by molar-refractivity contribution is 6.04. The Bertz CT molecular complexity index is 1350. The Kier molecular flexibility index (Phi) is 7.35. The molecular formula is C26H23F3N4O3. The molecule has 1 heterocycles. The number of amides is 1. The molecule has 0 spiro atoms. The van der Waals surface area contributed by atoms with Crippen molar-refractivity contribution in [3.63, 3.8) is 0 Å². The van der Waals surface area contributed by atoms with Gasteiger partial charge in [0.1, 0.15) is 6.61 Å². The maximum absolute atomic E-state index is 12.8. The molecule has 0 atom stereocenters. The number of aromatic nitrogens is 3. The van der Waals surface area contributed by atoms with E-state index in [2.05, 4.69) is 15.4 Å². The zero-order chi connectivity index (χ0) is 25.7. The van der Waals surface area contributed by atoms with E-state index in [9.17, 15) is 18.0 Å². The summed E-state index contributed by atoms with van der Waals surface area (Å²) in [6.07, 6.45) is -4.47. The van der Waals surface area contributed by atoms with E-state index in [1.807, 2.05) is 31.2 Å². The second kappa shape index (κ2) is 10.6. The number of hydrogen-bond donors (Lipinski definition) is 1. The molecule has 0 fully saturated rings. The highest BCUT2D eigenvalue weighted by Gasteiger charge is 2.30. The number of nitrogens with one attached hydrogen (secondary N) is 1. The number of halogens is 3. The van der Waals surface area contributed by atoms with Crippen LogP contribution in [0.5, 0.6) is 6.01 Å². The summed E-state index contributed by atoms with van der Waals surface area (Å²) in [7, 11) is 1.57. The SMILES string of the molecule is COCCOc1nc(-c2ccccc2C)n(-c2cccc(NC(=O)c3ccc(C(F)(F)F)cc3)c2)n1. The molecule has 0 aliphatic heterocycles. The summed E-state index contributed by atoms with van der Waals surface area (Å²) in [4.78, 5) is 17.2. The normalized spacial score (nSPS) is 11.4. The van der Waals surface area contributed by atoms with Gasteiger partial charge in [-0.15, -0.1) is 5.10 Å². The Morgan fingerprint density at radius 1 is 1.00 bits per heavy atom. The second-order valence-corrected chi connectivity index (χ2v) is 7.87. The predicted octanol–water partition coefficient (Wildman–Crippen LogP) is 5.54. The van der Waals surface area contributed by atoms with Crippen LogP contribution in [-0.2, 0) is 10.9 Å². The van der Waals surface area contributed by atoms with Crippen LogP contribution < -0.4 is 10.1 Å². The quantitative estimate of drug-likeness (QED) is 0.324. The lowest BCUT2D eigenvalue weighted by molar-refractivity contribution is -0.137. The van der Waals surface area contributed by atoms with Crippen molar-refractivity contribution in [3.8, 4) is 23.1 Å². The number of alkyl halides is 3. The van der Waals surface area contributed by atoms with Gasteiger partial charge >= 0.3 is 12.2 Å². The summed E-state index contributed by atoms with van der Waals surface area (Å²) in [5, 5.41) is 7.21. The lowest BCUT2D eigenvalue weighted by Gasteiger charge is -2.11. The molecule has 0 aliphatic rings. The predicted molar refractivity (Wildman–Crippen MR) is 128 cm³/mol. The van der Waals surface area contributed by atoms with Crippen LogP contribution in [0.25, 0.3) is 17.1 Å². The molecule has 1 aromatic heterocycles. The van der Waals surface area contributed by atoms with Crippen molar-refractivity contribution in [1.82, 2.24) is 14.8 Å². The van der Waals surface area contributed by atoms with Gasteiger partial charge in [-0.25, -0.2) is 4.68 Å². The molecule has 0 radical (unpaired) electrons. The van der Waals surface area contributed by atoms with Crippen LogP contribution >= 0.6 is 0 Å². The molecule has 3 aromatic carbocycles. The van der Waals surface area contributed by atoms with E-state index in [4.69, 9.17) is 9.47 Å². The Morgan fingerprint density at radius 2 is 1.75 bits per heavy atom. The Balaban J connectivity index is 1.63. The number of nitrogens with zero attached hydrogens (tertiary/aromatic N) is 3. The van der Waals surface area contributed by atoms with Crippen LogP contribution in [0.2, 0.25) is 0 Å². The number of benzene rings is 3. The Hall–Kier alpha value is -4.18. The largest absolute Gasteiger partial charge is 0.460 e. The lowest BCUT2D eigenvalue weighted by Crippen LogP contribution is -2.13. The molecule has 0 unspecified atom stereocenters. The number of ether oxygens (including phenoxy) is 2. The first-order valence-electron chi connectivity index (χ1n) is 11.0. The first-order chi connectivity index (χ1) is 17.3. The van der Waals surface area contributed by atoms with Gasteiger partial charge in [-0.3, -0.25) is 4.79 Å².